The topological polar surface area (TPSA) is 42.7 Å². The van der Waals surface area contributed by atoms with Gasteiger partial charge in [-0.2, -0.15) is 13.2 Å². The Morgan fingerprint density at radius 2 is 2.29 bits per heavy atom. The number of nitrogens with one attached hydrogen (secondary N) is 1. The largest absolute Gasteiger partial charge is 0.391 e. The quantitative estimate of drug-likeness (QED) is 0.869. The van der Waals surface area contributed by atoms with E-state index >= 15 is 0 Å². The summed E-state index contributed by atoms with van der Waals surface area (Å²) in [5.41, 5.74) is 0.737. The molecule has 0 bridgehead atoms. The van der Waals surface area contributed by atoms with E-state index in [1.807, 2.05) is 6.92 Å². The molecule has 1 fully saturated rings. The van der Waals surface area contributed by atoms with Crippen molar-refractivity contribution in [3.8, 4) is 0 Å². The third-order valence-corrected chi connectivity index (χ3v) is 3.17. The first-order chi connectivity index (χ1) is 8.02. The summed E-state index contributed by atoms with van der Waals surface area (Å²) in [6.07, 6.45) is -2.35. The Kier molecular flexibility index (Phi) is 3.37. The molecule has 2 rings (SSSR count). The Hall–Kier alpha value is -1.11. The van der Waals surface area contributed by atoms with Crippen LogP contribution in [0.2, 0.25) is 0 Å². The molecular formula is C10H15F3N4. The van der Waals surface area contributed by atoms with Gasteiger partial charge in [-0.1, -0.05) is 5.21 Å². The third-order valence-electron chi connectivity index (χ3n) is 3.17. The fraction of sp³-hybridized carbons (Fsp3) is 0.800. The molecule has 0 aromatic carbocycles. The smallest absolute Gasteiger partial charge is 0.309 e. The van der Waals surface area contributed by atoms with Crippen molar-refractivity contribution in [3.63, 3.8) is 0 Å². The minimum absolute atomic E-state index is 0.0663. The molecule has 1 aromatic rings. The number of nitrogens with zero attached hydrogens (tertiary/aromatic N) is 3. The predicted octanol–water partition coefficient (Wildman–Crippen LogP) is 1.90. The van der Waals surface area contributed by atoms with E-state index in [9.17, 15) is 13.2 Å². The molecule has 0 aliphatic carbocycles. The van der Waals surface area contributed by atoms with Crippen LogP contribution in [0.15, 0.2) is 6.20 Å². The van der Waals surface area contributed by atoms with E-state index in [1.165, 1.54) is 0 Å². The molecule has 0 saturated carbocycles. The Bertz CT molecular complexity index is 374. The van der Waals surface area contributed by atoms with Crippen LogP contribution in [0, 0.1) is 5.92 Å². The first-order valence-corrected chi connectivity index (χ1v) is 5.71. The highest BCUT2D eigenvalue weighted by Gasteiger charge is 2.42. The van der Waals surface area contributed by atoms with Crippen molar-refractivity contribution in [2.75, 3.05) is 6.54 Å². The van der Waals surface area contributed by atoms with E-state index in [0.29, 0.717) is 13.1 Å². The number of halogens is 3. The van der Waals surface area contributed by atoms with Crippen molar-refractivity contribution in [1.82, 2.24) is 20.3 Å². The lowest BCUT2D eigenvalue weighted by atomic mass is 9.90. The molecule has 0 amide bonds. The summed E-state index contributed by atoms with van der Waals surface area (Å²) in [6.45, 7) is 2.89. The van der Waals surface area contributed by atoms with Gasteiger partial charge >= 0.3 is 6.18 Å². The molecule has 0 radical (unpaired) electrons. The van der Waals surface area contributed by atoms with Gasteiger partial charge in [0.25, 0.3) is 0 Å². The van der Waals surface area contributed by atoms with Crippen molar-refractivity contribution in [1.29, 1.82) is 0 Å². The lowest BCUT2D eigenvalue weighted by Crippen LogP contribution is -2.38. The highest BCUT2D eigenvalue weighted by Crippen LogP contribution is 2.37. The molecule has 4 nitrogen and oxygen atoms in total. The molecule has 1 aromatic heterocycles. The molecule has 2 heterocycles. The summed E-state index contributed by atoms with van der Waals surface area (Å²) in [4.78, 5) is 0. The monoisotopic (exact) mass is 248 g/mol. The highest BCUT2D eigenvalue weighted by molar-refractivity contribution is 5.04. The van der Waals surface area contributed by atoms with Gasteiger partial charge < -0.3 is 5.32 Å². The molecule has 1 aliphatic heterocycles. The number of piperidine rings is 1. The number of hydrogen-bond acceptors (Lipinski definition) is 3. The average molecular weight is 248 g/mol. The normalized spacial score (nSPS) is 26.1. The second-order valence-corrected chi connectivity index (χ2v) is 4.24. The molecule has 17 heavy (non-hydrogen) atoms. The third kappa shape index (κ3) is 2.59. The molecule has 2 unspecified atom stereocenters. The lowest BCUT2D eigenvalue weighted by molar-refractivity contribution is -0.183. The van der Waals surface area contributed by atoms with Crippen LogP contribution in [-0.2, 0) is 6.54 Å². The van der Waals surface area contributed by atoms with E-state index in [-0.39, 0.29) is 18.9 Å². The van der Waals surface area contributed by atoms with Gasteiger partial charge in [-0.05, 0) is 26.3 Å². The summed E-state index contributed by atoms with van der Waals surface area (Å²) in [5, 5.41) is 10.7. The van der Waals surface area contributed by atoms with E-state index in [2.05, 4.69) is 15.6 Å². The first-order valence-electron chi connectivity index (χ1n) is 5.71. The number of rotatable bonds is 2. The molecule has 2 atom stereocenters. The predicted molar refractivity (Wildman–Crippen MR) is 55.2 cm³/mol. The Morgan fingerprint density at radius 3 is 2.94 bits per heavy atom. The molecule has 7 heteroatoms. The van der Waals surface area contributed by atoms with Crippen LogP contribution in [0.25, 0.3) is 0 Å². The van der Waals surface area contributed by atoms with E-state index < -0.39 is 12.1 Å². The van der Waals surface area contributed by atoms with Crippen molar-refractivity contribution in [2.24, 2.45) is 5.92 Å². The maximum atomic E-state index is 12.7. The fourth-order valence-corrected chi connectivity index (χ4v) is 2.22. The number of aryl methyl sites for hydroxylation is 1. The van der Waals surface area contributed by atoms with Crippen molar-refractivity contribution < 1.29 is 13.2 Å². The zero-order valence-corrected chi connectivity index (χ0v) is 9.54. The number of aromatic nitrogens is 3. The van der Waals surface area contributed by atoms with E-state index in [1.54, 1.807) is 10.9 Å². The fourth-order valence-electron chi connectivity index (χ4n) is 2.22. The summed E-state index contributed by atoms with van der Waals surface area (Å²) < 4.78 is 39.7. The number of alkyl halides is 3. The summed E-state index contributed by atoms with van der Waals surface area (Å²) >= 11 is 0. The van der Waals surface area contributed by atoms with Crippen LogP contribution < -0.4 is 5.32 Å². The highest BCUT2D eigenvalue weighted by atomic mass is 19.4. The zero-order chi connectivity index (χ0) is 12.5. The van der Waals surface area contributed by atoms with Gasteiger partial charge in [0.05, 0.1) is 23.9 Å². The second-order valence-electron chi connectivity index (χ2n) is 4.24. The Morgan fingerprint density at radius 1 is 1.53 bits per heavy atom. The zero-order valence-electron chi connectivity index (χ0n) is 9.54. The van der Waals surface area contributed by atoms with Crippen LogP contribution in [-0.4, -0.2) is 27.7 Å². The molecule has 96 valence electrons. The maximum Gasteiger partial charge on any atom is 0.391 e. The first kappa shape index (κ1) is 12.3. The van der Waals surface area contributed by atoms with Gasteiger partial charge in [0, 0.05) is 6.54 Å². The molecule has 1 N–H and O–H groups in total. The minimum atomic E-state index is -4.11. The van der Waals surface area contributed by atoms with Crippen molar-refractivity contribution >= 4 is 0 Å². The van der Waals surface area contributed by atoms with Crippen LogP contribution in [0.3, 0.4) is 0 Å². The van der Waals surface area contributed by atoms with Crippen LogP contribution in [0.4, 0.5) is 13.2 Å². The number of hydrogen-bond donors (Lipinski definition) is 1. The minimum Gasteiger partial charge on any atom is -0.309 e. The Labute approximate surface area is 97.2 Å². The van der Waals surface area contributed by atoms with Crippen LogP contribution >= 0.6 is 0 Å². The van der Waals surface area contributed by atoms with E-state index in [4.69, 9.17) is 0 Å². The van der Waals surface area contributed by atoms with Crippen molar-refractivity contribution in [2.45, 2.75) is 38.5 Å². The van der Waals surface area contributed by atoms with Crippen LogP contribution in [0.5, 0.6) is 0 Å². The summed E-state index contributed by atoms with van der Waals surface area (Å²) in [6, 6.07) is -0.301. The van der Waals surface area contributed by atoms with Gasteiger partial charge in [-0.3, -0.25) is 0 Å². The average Bonchev–Trinajstić information content (AvgIpc) is 2.76. The van der Waals surface area contributed by atoms with Gasteiger partial charge in [-0.25, -0.2) is 4.68 Å². The second kappa shape index (κ2) is 4.64. The van der Waals surface area contributed by atoms with Gasteiger partial charge in [0.2, 0.25) is 0 Å². The lowest BCUT2D eigenvalue weighted by Gasteiger charge is -2.31. The molecule has 1 aliphatic rings. The standard InChI is InChI=1S/C10H15F3N4/c1-2-17-9(6-15-16-17)8-5-7(3-4-14-8)10(11,12)13/h6-8,14H,2-5H2,1H3. The maximum absolute atomic E-state index is 12.7. The SMILES string of the molecule is CCn1nncc1C1CC(C(F)(F)F)CCN1. The van der Waals surface area contributed by atoms with E-state index in [0.717, 1.165) is 5.69 Å². The Balaban J connectivity index is 2.12. The van der Waals surface area contributed by atoms with Gasteiger partial charge in [0.1, 0.15) is 0 Å². The molecule has 0 spiro atoms. The van der Waals surface area contributed by atoms with Gasteiger partial charge in [-0.15, -0.1) is 5.10 Å². The summed E-state index contributed by atoms with van der Waals surface area (Å²) in [7, 11) is 0. The molecule has 1 saturated heterocycles. The molecular weight excluding hydrogens is 233 g/mol. The van der Waals surface area contributed by atoms with Crippen LogP contribution in [0.1, 0.15) is 31.5 Å². The van der Waals surface area contributed by atoms with Gasteiger partial charge in [0.15, 0.2) is 0 Å². The van der Waals surface area contributed by atoms with Crippen molar-refractivity contribution in [3.05, 3.63) is 11.9 Å². The summed E-state index contributed by atoms with van der Waals surface area (Å²) in [5.74, 6) is -1.23.